The third-order valence-corrected chi connectivity index (χ3v) is 4.98. The zero-order valence-corrected chi connectivity index (χ0v) is 17.0. The molecule has 12 nitrogen and oxygen atoms in total. The van der Waals surface area contributed by atoms with Crippen LogP contribution in [0.5, 0.6) is 0 Å². The highest BCUT2D eigenvalue weighted by Crippen LogP contribution is 2.10. The predicted octanol–water partition coefficient (Wildman–Crippen LogP) is -2.21. The summed E-state index contributed by atoms with van der Waals surface area (Å²) in [6.07, 6.45) is 1.03. The maximum Gasteiger partial charge on any atom is 0.326 e. The minimum atomic E-state index is -1.67. The van der Waals surface area contributed by atoms with Crippen LogP contribution in [0.2, 0.25) is 0 Å². The number of carbonyl (C=O) groups is 5. The number of hydrogen-bond acceptors (Lipinski definition) is 7. The topological polar surface area (TPSA) is 194 Å². The molecular weight excluding hydrogens is 400 g/mol. The minimum Gasteiger partial charge on any atom is -0.481 e. The Morgan fingerprint density at radius 1 is 1.03 bits per heavy atom. The van der Waals surface area contributed by atoms with Crippen LogP contribution in [0.25, 0.3) is 0 Å². The summed E-state index contributed by atoms with van der Waals surface area (Å²) in [7, 11) is 0. The third-order valence-electron chi connectivity index (χ3n) is 4.98. The Labute approximate surface area is 173 Å². The Hall–Kier alpha value is -2.73. The van der Waals surface area contributed by atoms with Gasteiger partial charge in [-0.15, -0.1) is 0 Å². The zero-order chi connectivity index (χ0) is 22.8. The lowest BCUT2D eigenvalue weighted by Crippen LogP contribution is -2.59. The molecule has 7 N–H and O–H groups in total. The summed E-state index contributed by atoms with van der Waals surface area (Å²) >= 11 is 0. The van der Waals surface area contributed by atoms with E-state index in [4.69, 9.17) is 10.2 Å². The number of rotatable bonds is 12. The molecule has 12 heteroatoms. The largest absolute Gasteiger partial charge is 0.481 e. The highest BCUT2D eigenvalue weighted by molar-refractivity contribution is 5.94. The molecular formula is C18H30N4O8. The van der Waals surface area contributed by atoms with Gasteiger partial charge in [0.1, 0.15) is 18.1 Å². The van der Waals surface area contributed by atoms with Gasteiger partial charge in [0.05, 0.1) is 19.1 Å². The first-order valence-corrected chi connectivity index (χ1v) is 9.80. The highest BCUT2D eigenvalue weighted by Gasteiger charge is 2.33. The summed E-state index contributed by atoms with van der Waals surface area (Å²) in [4.78, 5) is 59.3. The van der Waals surface area contributed by atoms with Crippen LogP contribution in [0.1, 0.15) is 39.5 Å². The smallest absolute Gasteiger partial charge is 0.326 e. The molecule has 0 aromatic rings. The molecule has 5 unspecified atom stereocenters. The predicted molar refractivity (Wildman–Crippen MR) is 103 cm³/mol. The van der Waals surface area contributed by atoms with Gasteiger partial charge >= 0.3 is 11.9 Å². The van der Waals surface area contributed by atoms with E-state index in [9.17, 15) is 29.1 Å². The van der Waals surface area contributed by atoms with Crippen molar-refractivity contribution >= 4 is 29.7 Å². The molecule has 0 aromatic carbocycles. The van der Waals surface area contributed by atoms with Gasteiger partial charge in [-0.3, -0.25) is 19.2 Å². The maximum absolute atomic E-state index is 12.6. The summed E-state index contributed by atoms with van der Waals surface area (Å²) in [6.45, 7) is 3.37. The first-order valence-electron chi connectivity index (χ1n) is 9.80. The van der Waals surface area contributed by atoms with Crippen LogP contribution in [0.4, 0.5) is 0 Å². The Morgan fingerprint density at radius 2 is 1.70 bits per heavy atom. The van der Waals surface area contributed by atoms with Crippen LogP contribution in [-0.4, -0.2) is 82.3 Å². The molecule has 30 heavy (non-hydrogen) atoms. The lowest BCUT2D eigenvalue weighted by atomic mass is 9.97. The molecule has 0 aromatic heterocycles. The van der Waals surface area contributed by atoms with Crippen molar-refractivity contribution in [2.24, 2.45) is 5.92 Å². The molecule has 0 radical (unpaired) electrons. The fourth-order valence-corrected chi connectivity index (χ4v) is 2.97. The molecule has 5 atom stereocenters. The van der Waals surface area contributed by atoms with Gasteiger partial charge in [-0.25, -0.2) is 4.79 Å². The van der Waals surface area contributed by atoms with E-state index in [1.54, 1.807) is 13.8 Å². The lowest BCUT2D eigenvalue weighted by molar-refractivity contribution is -0.147. The van der Waals surface area contributed by atoms with Gasteiger partial charge in [-0.2, -0.15) is 0 Å². The number of carbonyl (C=O) groups excluding carboxylic acids is 3. The first-order chi connectivity index (χ1) is 14.1. The Bertz CT molecular complexity index is 650. The number of nitrogens with one attached hydrogen (secondary N) is 4. The monoisotopic (exact) mass is 430 g/mol. The molecule has 0 bridgehead atoms. The number of hydrogen-bond donors (Lipinski definition) is 7. The average Bonchev–Trinajstić information content (AvgIpc) is 3.23. The van der Waals surface area contributed by atoms with Crippen molar-refractivity contribution in [1.29, 1.82) is 0 Å². The average molecular weight is 430 g/mol. The van der Waals surface area contributed by atoms with Gasteiger partial charge in [0.2, 0.25) is 17.7 Å². The van der Waals surface area contributed by atoms with Crippen LogP contribution in [0, 0.1) is 5.92 Å². The Balaban J connectivity index is 2.84. The van der Waals surface area contributed by atoms with Gasteiger partial charge in [-0.05, 0) is 25.3 Å². The highest BCUT2D eigenvalue weighted by atomic mass is 16.4. The molecule has 170 valence electrons. The van der Waals surface area contributed by atoms with E-state index in [1.165, 1.54) is 0 Å². The van der Waals surface area contributed by atoms with E-state index >= 15 is 0 Å². The SMILES string of the molecule is CCC(C)C(NC(=O)C(CO)NC(=O)C1CCCN1)C(=O)NC(CC(=O)O)C(=O)O. The number of amides is 3. The third kappa shape index (κ3) is 7.59. The fraction of sp³-hybridized carbons (Fsp3) is 0.722. The Kier molecular flexibility index (Phi) is 10.2. The van der Waals surface area contributed by atoms with E-state index < -0.39 is 72.8 Å². The summed E-state index contributed by atoms with van der Waals surface area (Å²) in [5, 5.41) is 37.4. The van der Waals surface area contributed by atoms with Crippen molar-refractivity contribution in [3.8, 4) is 0 Å². The maximum atomic E-state index is 12.6. The number of carboxylic acids is 2. The second-order valence-electron chi connectivity index (χ2n) is 7.26. The van der Waals surface area contributed by atoms with Crippen molar-refractivity contribution in [2.45, 2.75) is 63.7 Å². The molecule has 0 spiro atoms. The van der Waals surface area contributed by atoms with Gasteiger partial charge in [0.15, 0.2) is 0 Å². The first kappa shape index (κ1) is 25.3. The van der Waals surface area contributed by atoms with Crippen molar-refractivity contribution in [2.75, 3.05) is 13.2 Å². The van der Waals surface area contributed by atoms with E-state index in [2.05, 4.69) is 21.3 Å². The van der Waals surface area contributed by atoms with Gasteiger partial charge in [0, 0.05) is 0 Å². The molecule has 3 amide bonds. The number of aliphatic carboxylic acids is 2. The fourth-order valence-electron chi connectivity index (χ4n) is 2.97. The van der Waals surface area contributed by atoms with Crippen LogP contribution in [0.3, 0.4) is 0 Å². The molecule has 1 saturated heterocycles. The van der Waals surface area contributed by atoms with E-state index in [-0.39, 0.29) is 0 Å². The second-order valence-corrected chi connectivity index (χ2v) is 7.26. The number of aliphatic hydroxyl groups is 1. The van der Waals surface area contributed by atoms with E-state index in [0.29, 0.717) is 19.4 Å². The lowest BCUT2D eigenvalue weighted by Gasteiger charge is -2.27. The minimum absolute atomic E-state index is 0.431. The molecule has 0 saturated carbocycles. The number of carboxylic acid groups (broad SMARTS) is 2. The van der Waals surface area contributed by atoms with E-state index in [0.717, 1.165) is 6.42 Å². The van der Waals surface area contributed by atoms with Crippen LogP contribution in [-0.2, 0) is 24.0 Å². The van der Waals surface area contributed by atoms with E-state index in [1.807, 2.05) is 0 Å². The molecule has 1 rings (SSSR count). The summed E-state index contributed by atoms with van der Waals surface area (Å²) in [5.74, 6) is -5.49. The van der Waals surface area contributed by atoms with Crippen molar-refractivity contribution in [3.05, 3.63) is 0 Å². The molecule has 0 aliphatic carbocycles. The standard InChI is InChI=1S/C18H30N4O8/c1-3-9(2)14(17(28)20-11(18(29)30)7-13(24)25)22-16(27)12(8-23)21-15(26)10-5-4-6-19-10/h9-12,14,19,23H,3-8H2,1-2H3,(H,20,28)(H,21,26)(H,22,27)(H,24,25)(H,29,30). The summed E-state index contributed by atoms with van der Waals surface area (Å²) < 4.78 is 0. The number of aliphatic hydroxyl groups excluding tert-OH is 1. The normalized spacial score (nSPS) is 19.8. The second kappa shape index (κ2) is 12.1. The van der Waals surface area contributed by atoms with Gasteiger partial charge in [0.25, 0.3) is 0 Å². The van der Waals surface area contributed by atoms with Crippen molar-refractivity contribution in [1.82, 2.24) is 21.3 Å². The molecule has 1 aliphatic heterocycles. The summed E-state index contributed by atoms with van der Waals surface area (Å²) in [5.41, 5.74) is 0. The Morgan fingerprint density at radius 3 is 2.17 bits per heavy atom. The molecule has 1 heterocycles. The zero-order valence-electron chi connectivity index (χ0n) is 17.0. The van der Waals surface area contributed by atoms with Crippen molar-refractivity contribution < 1.29 is 39.3 Å². The van der Waals surface area contributed by atoms with Gasteiger partial charge in [-0.1, -0.05) is 20.3 Å². The quantitative estimate of drug-likeness (QED) is 0.180. The van der Waals surface area contributed by atoms with Crippen LogP contribution >= 0.6 is 0 Å². The summed E-state index contributed by atoms with van der Waals surface area (Å²) in [6, 6.07) is -4.62. The van der Waals surface area contributed by atoms with Gasteiger partial charge < -0.3 is 36.6 Å². The van der Waals surface area contributed by atoms with Crippen molar-refractivity contribution in [3.63, 3.8) is 0 Å². The molecule has 1 aliphatic rings. The molecule has 1 fully saturated rings. The van der Waals surface area contributed by atoms with Crippen LogP contribution < -0.4 is 21.3 Å². The van der Waals surface area contributed by atoms with Crippen LogP contribution in [0.15, 0.2) is 0 Å².